The molecule has 0 fully saturated rings. The van der Waals surface area contributed by atoms with Crippen molar-refractivity contribution in [2.24, 2.45) is 0 Å². The van der Waals surface area contributed by atoms with Crippen molar-refractivity contribution in [1.29, 1.82) is 0 Å². The topological polar surface area (TPSA) is 81.8 Å². The van der Waals surface area contributed by atoms with Gasteiger partial charge in [-0.3, -0.25) is 0 Å². The van der Waals surface area contributed by atoms with E-state index in [0.29, 0.717) is 16.5 Å². The smallest absolute Gasteiger partial charge is 0.335 e. The average Bonchev–Trinajstić information content (AvgIpc) is 3.30. The number of benzene rings is 3. The van der Waals surface area contributed by atoms with E-state index in [0.717, 1.165) is 39.3 Å². The monoisotopic (exact) mass is 531 g/mol. The van der Waals surface area contributed by atoms with Gasteiger partial charge in [0.1, 0.15) is 36.2 Å². The van der Waals surface area contributed by atoms with E-state index in [-0.39, 0.29) is 24.7 Å². The number of carboxylic acid groups (broad SMARTS) is 1. The summed E-state index contributed by atoms with van der Waals surface area (Å²) in [5, 5.41) is 14.0. The number of para-hydroxylation sites is 1. The molecule has 7 heteroatoms. The number of carboxylic acids is 1. The van der Waals surface area contributed by atoms with Crippen LogP contribution in [0.3, 0.4) is 0 Å². The molecular weight excluding hydrogens is 502 g/mol. The third kappa shape index (κ3) is 6.45. The van der Waals surface area contributed by atoms with Crippen LogP contribution in [0.1, 0.15) is 69.4 Å². The summed E-state index contributed by atoms with van der Waals surface area (Å²) in [6.07, 6.45) is 3.66. The molecule has 0 bridgehead atoms. The molecule has 4 rings (SSSR count). The first-order valence-corrected chi connectivity index (χ1v) is 12.7. The molecule has 0 unspecified atom stereocenters. The fourth-order valence-electron chi connectivity index (χ4n) is 4.10. The van der Waals surface area contributed by atoms with Gasteiger partial charge >= 0.3 is 5.97 Å². The van der Waals surface area contributed by atoms with Crippen molar-refractivity contribution >= 4 is 29.7 Å². The maximum atomic E-state index is 11.2. The Balaban J connectivity index is 1.47. The summed E-state index contributed by atoms with van der Waals surface area (Å²) < 4.78 is 17.9. The summed E-state index contributed by atoms with van der Waals surface area (Å²) in [7, 11) is 0. The molecule has 0 saturated heterocycles. The van der Waals surface area contributed by atoms with E-state index in [1.165, 1.54) is 0 Å². The van der Waals surface area contributed by atoms with E-state index < -0.39 is 5.97 Å². The van der Waals surface area contributed by atoms with Crippen LogP contribution in [0.15, 0.2) is 65.2 Å². The Hall–Kier alpha value is -4.03. The van der Waals surface area contributed by atoms with Gasteiger partial charge in [0.25, 0.3) is 0 Å². The van der Waals surface area contributed by atoms with Gasteiger partial charge in [-0.15, -0.1) is 0 Å². The molecule has 1 heterocycles. The Morgan fingerprint density at radius 3 is 2.42 bits per heavy atom. The van der Waals surface area contributed by atoms with Crippen molar-refractivity contribution in [2.45, 2.75) is 46.8 Å². The number of rotatable bonds is 10. The van der Waals surface area contributed by atoms with Gasteiger partial charge in [-0.1, -0.05) is 73.1 Å². The zero-order valence-corrected chi connectivity index (χ0v) is 22.6. The Morgan fingerprint density at radius 1 is 1.00 bits per heavy atom. The van der Waals surface area contributed by atoms with Gasteiger partial charge < -0.3 is 19.1 Å². The number of aryl methyl sites for hydroxylation is 2. The number of aromatic nitrogens is 1. The lowest BCUT2D eigenvalue weighted by atomic mass is 10.1. The SMILES string of the molecule is Cc1cccc(C)c1OCc1noc(C(C)C)c1COc1ccc(/C=C/c2cccc(C(=O)O)c2)c(Cl)c1. The molecule has 0 spiro atoms. The molecule has 38 heavy (non-hydrogen) atoms. The van der Waals surface area contributed by atoms with Crippen molar-refractivity contribution in [3.63, 3.8) is 0 Å². The average molecular weight is 532 g/mol. The Bertz CT molecular complexity index is 1450. The fourth-order valence-corrected chi connectivity index (χ4v) is 4.33. The van der Waals surface area contributed by atoms with Gasteiger partial charge in [0.05, 0.1) is 16.1 Å². The molecule has 1 N–H and O–H groups in total. The Kier molecular flexibility index (Phi) is 8.54. The molecule has 0 saturated carbocycles. The largest absolute Gasteiger partial charge is 0.489 e. The third-order valence-corrected chi connectivity index (χ3v) is 6.46. The summed E-state index contributed by atoms with van der Waals surface area (Å²) in [6, 6.07) is 18.2. The van der Waals surface area contributed by atoms with E-state index in [4.69, 9.17) is 25.6 Å². The Morgan fingerprint density at radius 2 is 1.74 bits per heavy atom. The summed E-state index contributed by atoms with van der Waals surface area (Å²) in [6.45, 7) is 8.66. The second kappa shape index (κ2) is 12.0. The molecule has 1 aromatic heterocycles. The van der Waals surface area contributed by atoms with E-state index in [1.807, 2.05) is 76.2 Å². The molecule has 0 aliphatic rings. The van der Waals surface area contributed by atoms with Gasteiger partial charge in [0.2, 0.25) is 0 Å². The highest BCUT2D eigenvalue weighted by molar-refractivity contribution is 6.32. The van der Waals surface area contributed by atoms with Gasteiger partial charge in [-0.25, -0.2) is 4.79 Å². The molecule has 0 amide bonds. The molecular formula is C31H30ClNO5. The normalized spacial score (nSPS) is 11.3. The number of aromatic carboxylic acids is 1. The first kappa shape index (κ1) is 27.0. The van der Waals surface area contributed by atoms with Crippen LogP contribution in [0.25, 0.3) is 12.2 Å². The van der Waals surface area contributed by atoms with E-state index >= 15 is 0 Å². The van der Waals surface area contributed by atoms with E-state index in [9.17, 15) is 9.90 Å². The molecule has 3 aromatic carbocycles. The minimum Gasteiger partial charge on any atom is -0.489 e. The van der Waals surface area contributed by atoms with Crippen molar-refractivity contribution < 1.29 is 23.9 Å². The quantitative estimate of drug-likeness (QED) is 0.208. The maximum Gasteiger partial charge on any atom is 0.335 e. The van der Waals surface area contributed by atoms with Crippen LogP contribution in [0.2, 0.25) is 5.02 Å². The highest BCUT2D eigenvalue weighted by Gasteiger charge is 2.20. The molecule has 0 aliphatic carbocycles. The van der Waals surface area contributed by atoms with Gasteiger partial charge in [0.15, 0.2) is 0 Å². The molecule has 0 atom stereocenters. The zero-order chi connectivity index (χ0) is 27.2. The lowest BCUT2D eigenvalue weighted by Gasteiger charge is -2.13. The van der Waals surface area contributed by atoms with E-state index in [2.05, 4.69) is 5.16 Å². The van der Waals surface area contributed by atoms with Crippen molar-refractivity contribution in [1.82, 2.24) is 5.16 Å². The lowest BCUT2D eigenvalue weighted by molar-refractivity contribution is 0.0697. The van der Waals surface area contributed by atoms with Gasteiger partial charge in [-0.05, 0) is 66.4 Å². The number of ether oxygens (including phenoxy) is 2. The fraction of sp³-hybridized carbons (Fsp3) is 0.226. The van der Waals surface area contributed by atoms with Gasteiger partial charge in [0, 0.05) is 5.92 Å². The zero-order valence-electron chi connectivity index (χ0n) is 21.8. The minimum atomic E-state index is -0.965. The van der Waals surface area contributed by atoms with Crippen LogP contribution >= 0.6 is 11.6 Å². The number of hydrogen-bond donors (Lipinski definition) is 1. The van der Waals surface area contributed by atoms with Crippen molar-refractivity contribution in [3.8, 4) is 11.5 Å². The molecule has 0 radical (unpaired) electrons. The minimum absolute atomic E-state index is 0.130. The second-order valence-electron chi connectivity index (χ2n) is 9.37. The second-order valence-corrected chi connectivity index (χ2v) is 9.78. The number of halogens is 1. The number of carbonyl (C=O) groups is 1. The maximum absolute atomic E-state index is 11.2. The molecule has 4 aromatic rings. The van der Waals surface area contributed by atoms with Crippen LogP contribution in [-0.4, -0.2) is 16.2 Å². The van der Waals surface area contributed by atoms with Crippen molar-refractivity contribution in [2.75, 3.05) is 0 Å². The summed E-state index contributed by atoms with van der Waals surface area (Å²) >= 11 is 6.52. The predicted octanol–water partition coefficient (Wildman–Crippen LogP) is 8.09. The van der Waals surface area contributed by atoms with Crippen LogP contribution in [0.4, 0.5) is 0 Å². The van der Waals surface area contributed by atoms with Gasteiger partial charge in [-0.2, -0.15) is 0 Å². The standard InChI is InChI=1S/C31H30ClNO5/c1-19(2)29-26(28(33-38-29)18-37-30-20(3)7-5-8-21(30)4)17-36-25-14-13-23(27(32)16-25)12-11-22-9-6-10-24(15-22)31(34)35/h5-16,19H,17-18H2,1-4H3,(H,34,35)/b12-11+. The summed E-state index contributed by atoms with van der Waals surface area (Å²) in [4.78, 5) is 11.2. The number of nitrogens with zero attached hydrogens (tertiary/aromatic N) is 1. The summed E-state index contributed by atoms with van der Waals surface area (Å²) in [5.74, 6) is 1.38. The van der Waals surface area contributed by atoms with Crippen LogP contribution < -0.4 is 9.47 Å². The van der Waals surface area contributed by atoms with Crippen LogP contribution in [0, 0.1) is 13.8 Å². The van der Waals surface area contributed by atoms with Crippen molar-refractivity contribution in [3.05, 3.63) is 111 Å². The third-order valence-electron chi connectivity index (χ3n) is 6.13. The van der Waals surface area contributed by atoms with Crippen LogP contribution in [-0.2, 0) is 13.2 Å². The Labute approximate surface area is 227 Å². The van der Waals surface area contributed by atoms with E-state index in [1.54, 1.807) is 24.3 Å². The number of hydrogen-bond acceptors (Lipinski definition) is 5. The molecule has 6 nitrogen and oxygen atoms in total. The lowest BCUT2D eigenvalue weighted by Crippen LogP contribution is -2.06. The summed E-state index contributed by atoms with van der Waals surface area (Å²) in [5.41, 5.74) is 5.48. The molecule has 0 aliphatic heterocycles. The highest BCUT2D eigenvalue weighted by Crippen LogP contribution is 2.29. The van der Waals surface area contributed by atoms with Crippen LogP contribution in [0.5, 0.6) is 11.5 Å². The first-order chi connectivity index (χ1) is 18.2. The first-order valence-electron chi connectivity index (χ1n) is 12.3. The predicted molar refractivity (Wildman–Crippen MR) is 149 cm³/mol. The highest BCUT2D eigenvalue weighted by atomic mass is 35.5. The molecule has 196 valence electrons.